The fourth-order valence-corrected chi connectivity index (χ4v) is 3.73. The van der Waals surface area contributed by atoms with Gasteiger partial charge in [0, 0.05) is 41.8 Å². The lowest BCUT2D eigenvalue weighted by atomic mass is 9.94. The average molecular weight is 321 g/mol. The lowest BCUT2D eigenvalue weighted by Crippen LogP contribution is -2.34. The van der Waals surface area contributed by atoms with Crippen molar-refractivity contribution in [3.8, 4) is 5.75 Å². The first-order valence-corrected chi connectivity index (χ1v) is 8.61. The molecule has 4 nitrogen and oxygen atoms in total. The number of pyridine rings is 1. The first-order valence-electron chi connectivity index (χ1n) is 8.61. The van der Waals surface area contributed by atoms with Gasteiger partial charge < -0.3 is 9.72 Å². The lowest BCUT2D eigenvalue weighted by molar-refractivity contribution is 0.196. The molecule has 1 saturated heterocycles. The van der Waals surface area contributed by atoms with E-state index >= 15 is 0 Å². The van der Waals surface area contributed by atoms with Gasteiger partial charge in [-0.15, -0.1) is 0 Å². The Bertz CT molecular complexity index is 793. The number of hydrogen-bond donors (Lipinski definition) is 1. The number of aromatic amines is 1. The second-order valence-corrected chi connectivity index (χ2v) is 6.55. The second-order valence-electron chi connectivity index (χ2n) is 6.55. The number of hydrogen-bond acceptors (Lipinski definition) is 3. The van der Waals surface area contributed by atoms with Gasteiger partial charge in [0.05, 0.1) is 7.11 Å². The van der Waals surface area contributed by atoms with Crippen molar-refractivity contribution in [1.29, 1.82) is 0 Å². The van der Waals surface area contributed by atoms with Crippen LogP contribution in [0.2, 0.25) is 0 Å². The van der Waals surface area contributed by atoms with Crippen LogP contribution in [0.25, 0.3) is 11.0 Å². The first kappa shape index (κ1) is 15.2. The molecule has 1 fully saturated rings. The molecule has 3 heterocycles. The minimum absolute atomic E-state index is 0.544. The first-order chi connectivity index (χ1) is 11.8. The summed E-state index contributed by atoms with van der Waals surface area (Å²) in [5, 5.41) is 1.20. The lowest BCUT2D eigenvalue weighted by Gasteiger charge is -2.32. The molecule has 1 aliphatic heterocycles. The van der Waals surface area contributed by atoms with Crippen molar-refractivity contribution in [3.63, 3.8) is 0 Å². The molecule has 0 radical (unpaired) electrons. The van der Waals surface area contributed by atoms with Crippen LogP contribution in [0.4, 0.5) is 0 Å². The van der Waals surface area contributed by atoms with Gasteiger partial charge in [0.1, 0.15) is 11.4 Å². The normalized spacial score (nSPS) is 18.8. The average Bonchev–Trinajstić information content (AvgIpc) is 3.07. The molecule has 1 atom stereocenters. The van der Waals surface area contributed by atoms with Crippen LogP contribution in [0.5, 0.6) is 5.75 Å². The molecule has 1 aliphatic rings. The van der Waals surface area contributed by atoms with Crippen molar-refractivity contribution in [1.82, 2.24) is 14.9 Å². The second kappa shape index (κ2) is 6.65. The van der Waals surface area contributed by atoms with E-state index in [1.54, 1.807) is 7.11 Å². The molecule has 24 heavy (non-hydrogen) atoms. The minimum atomic E-state index is 0.544. The van der Waals surface area contributed by atoms with Crippen molar-refractivity contribution in [2.45, 2.75) is 25.3 Å². The molecular formula is C20H23N3O. The molecule has 0 bridgehead atoms. The molecule has 4 rings (SSSR count). The number of rotatable bonds is 4. The van der Waals surface area contributed by atoms with Gasteiger partial charge in [0.15, 0.2) is 0 Å². The summed E-state index contributed by atoms with van der Waals surface area (Å²) < 4.78 is 5.50. The Balaban J connectivity index is 1.51. The van der Waals surface area contributed by atoms with Gasteiger partial charge in [-0.25, -0.2) is 4.98 Å². The fraction of sp³-hybridized carbons (Fsp3) is 0.350. The van der Waals surface area contributed by atoms with Gasteiger partial charge in [-0.1, -0.05) is 18.2 Å². The smallest absolute Gasteiger partial charge is 0.137 e. The summed E-state index contributed by atoms with van der Waals surface area (Å²) in [6.45, 7) is 3.16. The summed E-state index contributed by atoms with van der Waals surface area (Å²) in [5.74, 6) is 1.53. The third kappa shape index (κ3) is 3.02. The summed E-state index contributed by atoms with van der Waals surface area (Å²) >= 11 is 0. The van der Waals surface area contributed by atoms with Gasteiger partial charge in [-0.2, -0.15) is 0 Å². The maximum atomic E-state index is 5.50. The molecule has 124 valence electrons. The van der Waals surface area contributed by atoms with E-state index in [9.17, 15) is 0 Å². The van der Waals surface area contributed by atoms with Gasteiger partial charge in [0.2, 0.25) is 0 Å². The summed E-state index contributed by atoms with van der Waals surface area (Å²) in [6.07, 6.45) is 4.30. The van der Waals surface area contributed by atoms with Crippen LogP contribution in [0, 0.1) is 0 Å². The number of ether oxygens (including phenoxy) is 1. The predicted octanol–water partition coefficient (Wildman–Crippen LogP) is 3.95. The van der Waals surface area contributed by atoms with E-state index in [2.05, 4.69) is 39.1 Å². The zero-order valence-electron chi connectivity index (χ0n) is 14.0. The zero-order valence-corrected chi connectivity index (χ0v) is 14.0. The molecule has 0 saturated carbocycles. The Labute approximate surface area is 142 Å². The van der Waals surface area contributed by atoms with Crippen LogP contribution in [0.15, 0.2) is 48.7 Å². The van der Waals surface area contributed by atoms with E-state index in [-0.39, 0.29) is 0 Å². The Hall–Kier alpha value is -2.33. The topological polar surface area (TPSA) is 41.1 Å². The zero-order chi connectivity index (χ0) is 16.4. The molecule has 0 unspecified atom stereocenters. The van der Waals surface area contributed by atoms with Crippen molar-refractivity contribution in [2.75, 3.05) is 20.2 Å². The maximum absolute atomic E-state index is 5.50. The quantitative estimate of drug-likeness (QED) is 0.791. The highest BCUT2D eigenvalue weighted by Gasteiger charge is 2.23. The number of methoxy groups -OCH3 is 1. The SMILES string of the molecule is COc1ccccc1CN1CCC[C@H](c2cc3cccnc3[nH]2)C1. The van der Waals surface area contributed by atoms with Crippen LogP contribution < -0.4 is 4.74 Å². The highest BCUT2D eigenvalue weighted by Crippen LogP contribution is 2.30. The van der Waals surface area contributed by atoms with Crippen LogP contribution in [-0.4, -0.2) is 35.1 Å². The largest absolute Gasteiger partial charge is 0.496 e. The Morgan fingerprint density at radius 3 is 3.04 bits per heavy atom. The molecule has 0 aliphatic carbocycles. The van der Waals surface area contributed by atoms with Crippen LogP contribution in [-0.2, 0) is 6.54 Å². The van der Waals surface area contributed by atoms with Crippen LogP contribution in [0.1, 0.15) is 30.0 Å². The predicted molar refractivity (Wildman–Crippen MR) is 96.3 cm³/mol. The number of fused-ring (bicyclic) bond motifs is 1. The monoisotopic (exact) mass is 321 g/mol. The molecule has 0 amide bonds. The van der Waals surface area contributed by atoms with E-state index in [0.29, 0.717) is 5.92 Å². The van der Waals surface area contributed by atoms with Gasteiger partial charge in [-0.3, -0.25) is 4.90 Å². The summed E-state index contributed by atoms with van der Waals surface area (Å²) in [4.78, 5) is 10.5. The highest BCUT2D eigenvalue weighted by atomic mass is 16.5. The fourth-order valence-electron chi connectivity index (χ4n) is 3.73. The van der Waals surface area contributed by atoms with E-state index in [0.717, 1.165) is 31.0 Å². The van der Waals surface area contributed by atoms with Crippen molar-refractivity contribution < 1.29 is 4.74 Å². The number of aromatic nitrogens is 2. The molecule has 3 aromatic rings. The van der Waals surface area contributed by atoms with Crippen molar-refractivity contribution in [2.24, 2.45) is 0 Å². The number of H-pyrrole nitrogens is 1. The number of para-hydroxylation sites is 1. The maximum Gasteiger partial charge on any atom is 0.137 e. The molecule has 1 aromatic carbocycles. The summed E-state index contributed by atoms with van der Waals surface area (Å²) in [7, 11) is 1.75. The van der Waals surface area contributed by atoms with E-state index < -0.39 is 0 Å². The van der Waals surface area contributed by atoms with Gasteiger partial charge in [-0.05, 0) is 43.7 Å². The number of piperidine rings is 1. The van der Waals surface area contributed by atoms with Gasteiger partial charge >= 0.3 is 0 Å². The Kier molecular flexibility index (Phi) is 4.22. The number of nitrogens with one attached hydrogen (secondary N) is 1. The van der Waals surface area contributed by atoms with E-state index in [4.69, 9.17) is 4.74 Å². The van der Waals surface area contributed by atoms with Crippen molar-refractivity contribution >= 4 is 11.0 Å². The Morgan fingerprint density at radius 1 is 1.25 bits per heavy atom. The molecule has 2 aromatic heterocycles. The molecule has 4 heteroatoms. The van der Waals surface area contributed by atoms with E-state index in [1.165, 1.54) is 29.5 Å². The third-order valence-corrected chi connectivity index (χ3v) is 4.94. The molecular weight excluding hydrogens is 298 g/mol. The van der Waals surface area contributed by atoms with Crippen LogP contribution in [0.3, 0.4) is 0 Å². The van der Waals surface area contributed by atoms with Crippen LogP contribution >= 0.6 is 0 Å². The number of benzene rings is 1. The Morgan fingerprint density at radius 2 is 2.17 bits per heavy atom. The minimum Gasteiger partial charge on any atom is -0.496 e. The molecule has 0 spiro atoms. The highest BCUT2D eigenvalue weighted by molar-refractivity contribution is 5.76. The standard InChI is InChI=1S/C20H23N3O/c1-24-19-9-3-2-6-17(19)14-23-11-5-8-16(13-23)18-12-15-7-4-10-21-20(15)22-18/h2-4,6-7,9-10,12,16H,5,8,11,13-14H2,1H3,(H,21,22)/t16-/m0/s1. The number of likely N-dealkylation sites (tertiary alicyclic amines) is 1. The van der Waals surface area contributed by atoms with Crippen molar-refractivity contribution in [3.05, 3.63) is 59.9 Å². The molecule has 1 N–H and O–H groups in total. The third-order valence-electron chi connectivity index (χ3n) is 4.94. The number of nitrogens with zero attached hydrogens (tertiary/aromatic N) is 2. The van der Waals surface area contributed by atoms with Gasteiger partial charge in [0.25, 0.3) is 0 Å². The van der Waals surface area contributed by atoms with E-state index in [1.807, 2.05) is 24.4 Å². The summed E-state index contributed by atoms with van der Waals surface area (Å²) in [5.41, 5.74) is 3.57. The summed E-state index contributed by atoms with van der Waals surface area (Å²) in [6, 6.07) is 14.7.